The van der Waals surface area contributed by atoms with Crippen molar-refractivity contribution in [2.75, 3.05) is 26.2 Å². The highest BCUT2D eigenvalue weighted by atomic mass is 15.3. The van der Waals surface area contributed by atoms with Gasteiger partial charge in [0.25, 0.3) is 0 Å². The lowest BCUT2D eigenvalue weighted by atomic mass is 10.1. The number of hydrogen-bond donors (Lipinski definition) is 0. The van der Waals surface area contributed by atoms with E-state index in [9.17, 15) is 0 Å². The van der Waals surface area contributed by atoms with Gasteiger partial charge in [-0.15, -0.1) is 0 Å². The molecule has 0 bridgehead atoms. The predicted octanol–water partition coefficient (Wildman–Crippen LogP) is 5.48. The van der Waals surface area contributed by atoms with Gasteiger partial charge in [0.2, 0.25) is 0 Å². The minimum absolute atomic E-state index is 0.735. The van der Waals surface area contributed by atoms with E-state index in [0.717, 1.165) is 18.5 Å². The molecule has 0 N–H and O–H groups in total. The number of hydrogen-bond acceptors (Lipinski definition) is 1. The van der Waals surface area contributed by atoms with Gasteiger partial charge in [-0.25, -0.2) is 0 Å². The summed E-state index contributed by atoms with van der Waals surface area (Å²) in [6.45, 7) is 11.8. The molecule has 2 heteroatoms. The molecule has 0 amide bonds. The summed E-state index contributed by atoms with van der Waals surface area (Å²) in [6, 6.07) is 10.1. The molecule has 0 saturated heterocycles. The molecule has 0 saturated carbocycles. The van der Waals surface area contributed by atoms with E-state index in [1.54, 1.807) is 0 Å². The van der Waals surface area contributed by atoms with Crippen LogP contribution in [0.15, 0.2) is 36.4 Å². The average molecular weight is 328 g/mol. The fraction of sp³-hybridized carbons (Fsp3) is 0.591. The molecule has 0 fully saturated rings. The van der Waals surface area contributed by atoms with E-state index < -0.39 is 0 Å². The first-order valence-corrected chi connectivity index (χ1v) is 9.68. The van der Waals surface area contributed by atoms with Gasteiger partial charge < -0.3 is 4.48 Å². The van der Waals surface area contributed by atoms with Crippen LogP contribution in [0, 0.1) is 11.3 Å². The van der Waals surface area contributed by atoms with Gasteiger partial charge >= 0.3 is 0 Å². The molecule has 0 aliphatic carbocycles. The molecule has 1 aromatic carbocycles. The quantitative estimate of drug-likeness (QED) is 0.283. The summed E-state index contributed by atoms with van der Waals surface area (Å²) < 4.78 is 1.20. The van der Waals surface area contributed by atoms with Crippen molar-refractivity contribution >= 4 is 0 Å². The highest BCUT2D eigenvalue weighted by molar-refractivity contribution is 5.32. The molecule has 24 heavy (non-hydrogen) atoms. The van der Waals surface area contributed by atoms with Gasteiger partial charge in [-0.1, -0.05) is 44.4 Å². The average Bonchev–Trinajstić information content (AvgIpc) is 2.64. The second-order valence-electron chi connectivity index (χ2n) is 6.78. The van der Waals surface area contributed by atoms with E-state index in [1.807, 2.05) is 12.1 Å². The van der Waals surface area contributed by atoms with Gasteiger partial charge in [-0.05, 0) is 56.9 Å². The molecule has 0 spiro atoms. The van der Waals surface area contributed by atoms with Crippen LogP contribution in [0.25, 0.3) is 0 Å². The van der Waals surface area contributed by atoms with E-state index in [4.69, 9.17) is 5.26 Å². The van der Waals surface area contributed by atoms with Crippen molar-refractivity contribution in [3.8, 4) is 6.07 Å². The van der Waals surface area contributed by atoms with Crippen molar-refractivity contribution in [2.45, 2.75) is 59.3 Å². The third kappa shape index (κ3) is 7.32. The molecule has 0 aromatic heterocycles. The second kappa shape index (κ2) is 11.9. The lowest BCUT2D eigenvalue weighted by molar-refractivity contribution is -0.919. The van der Waals surface area contributed by atoms with E-state index in [1.165, 1.54) is 61.8 Å². The number of nitriles is 1. The lowest BCUT2D eigenvalue weighted by Crippen LogP contribution is -2.48. The zero-order valence-electron chi connectivity index (χ0n) is 15.9. The third-order valence-electron chi connectivity index (χ3n) is 5.17. The summed E-state index contributed by atoms with van der Waals surface area (Å²) >= 11 is 0. The Kier molecular flexibility index (Phi) is 10.1. The largest absolute Gasteiger partial charge is 0.321 e. The Morgan fingerprint density at radius 1 is 0.917 bits per heavy atom. The number of benzene rings is 1. The zero-order chi connectivity index (χ0) is 17.7. The Bertz CT molecular complexity index is 504. The van der Waals surface area contributed by atoms with E-state index >= 15 is 0 Å². The van der Waals surface area contributed by atoms with Crippen molar-refractivity contribution in [1.82, 2.24) is 0 Å². The van der Waals surface area contributed by atoms with Crippen LogP contribution in [0.4, 0.5) is 0 Å². The fourth-order valence-electron chi connectivity index (χ4n) is 3.17. The summed E-state index contributed by atoms with van der Waals surface area (Å²) in [7, 11) is 0. The Balaban J connectivity index is 2.44. The monoisotopic (exact) mass is 327 g/mol. The van der Waals surface area contributed by atoms with Crippen LogP contribution in [0.2, 0.25) is 0 Å². The minimum Gasteiger partial charge on any atom is -0.321 e. The van der Waals surface area contributed by atoms with Gasteiger partial charge in [0.15, 0.2) is 0 Å². The maximum Gasteiger partial charge on any atom is 0.0991 e. The fourth-order valence-corrected chi connectivity index (χ4v) is 3.17. The number of quaternary nitrogens is 1. The number of rotatable bonds is 12. The smallest absolute Gasteiger partial charge is 0.0991 e. The van der Waals surface area contributed by atoms with Crippen LogP contribution in [0.5, 0.6) is 0 Å². The Hall–Kier alpha value is -1.59. The van der Waals surface area contributed by atoms with Crippen molar-refractivity contribution in [3.63, 3.8) is 0 Å². The standard InChI is InChI=1S/C22H35N2/c1-4-7-8-9-11-18-24(5-2,6-3)19-12-10-13-21-14-16-22(20-23)17-15-21/h10,12,14-17H,4-9,11,13,18-19H2,1-3H3/q+1/b12-10+. The van der Waals surface area contributed by atoms with Gasteiger partial charge in [-0.3, -0.25) is 0 Å². The molecule has 0 aliphatic heterocycles. The summed E-state index contributed by atoms with van der Waals surface area (Å²) in [6.07, 6.45) is 12.4. The molecule has 1 aromatic rings. The van der Waals surface area contributed by atoms with E-state index in [2.05, 4.69) is 51.1 Å². The summed E-state index contributed by atoms with van der Waals surface area (Å²) in [5.74, 6) is 0. The van der Waals surface area contributed by atoms with Crippen LogP contribution in [-0.4, -0.2) is 30.7 Å². The Morgan fingerprint density at radius 2 is 1.58 bits per heavy atom. The van der Waals surface area contributed by atoms with Crippen molar-refractivity contribution in [3.05, 3.63) is 47.5 Å². The number of likely N-dealkylation sites (N-methyl/N-ethyl adjacent to an activating group) is 1. The topological polar surface area (TPSA) is 23.8 Å². The molecule has 0 heterocycles. The molecular weight excluding hydrogens is 292 g/mol. The minimum atomic E-state index is 0.735. The highest BCUT2D eigenvalue weighted by Gasteiger charge is 2.20. The number of allylic oxidation sites excluding steroid dienone is 1. The number of unbranched alkanes of at least 4 members (excludes halogenated alkanes) is 4. The molecule has 1 rings (SSSR count). The first kappa shape index (κ1) is 20.5. The first-order valence-electron chi connectivity index (χ1n) is 9.68. The Morgan fingerprint density at radius 3 is 2.17 bits per heavy atom. The Labute approximate surface area is 149 Å². The molecule has 132 valence electrons. The lowest BCUT2D eigenvalue weighted by Gasteiger charge is -2.36. The van der Waals surface area contributed by atoms with Crippen molar-refractivity contribution < 1.29 is 4.48 Å². The van der Waals surface area contributed by atoms with Gasteiger partial charge in [0, 0.05) is 0 Å². The molecular formula is C22H35N2+. The van der Waals surface area contributed by atoms with E-state index in [-0.39, 0.29) is 0 Å². The predicted molar refractivity (Wildman–Crippen MR) is 104 cm³/mol. The summed E-state index contributed by atoms with van der Waals surface area (Å²) in [4.78, 5) is 0. The third-order valence-corrected chi connectivity index (χ3v) is 5.17. The maximum atomic E-state index is 8.84. The van der Waals surface area contributed by atoms with Gasteiger partial charge in [-0.2, -0.15) is 5.26 Å². The van der Waals surface area contributed by atoms with Gasteiger partial charge in [0.1, 0.15) is 0 Å². The summed E-state index contributed by atoms with van der Waals surface area (Å²) in [5, 5.41) is 8.84. The molecule has 0 aliphatic rings. The second-order valence-corrected chi connectivity index (χ2v) is 6.78. The van der Waals surface area contributed by atoms with Crippen LogP contribution >= 0.6 is 0 Å². The normalized spacial score (nSPS) is 11.8. The first-order chi connectivity index (χ1) is 11.7. The zero-order valence-corrected chi connectivity index (χ0v) is 15.9. The SMILES string of the molecule is CCCCCCC[N+](CC)(CC)C/C=C/Cc1ccc(C#N)cc1. The van der Waals surface area contributed by atoms with Gasteiger partial charge in [0.05, 0.1) is 37.8 Å². The molecule has 2 nitrogen and oxygen atoms in total. The van der Waals surface area contributed by atoms with E-state index in [0.29, 0.717) is 0 Å². The number of nitrogens with zero attached hydrogens (tertiary/aromatic N) is 2. The molecule has 0 unspecified atom stereocenters. The van der Waals surface area contributed by atoms with Crippen molar-refractivity contribution in [2.24, 2.45) is 0 Å². The maximum absolute atomic E-state index is 8.84. The summed E-state index contributed by atoms with van der Waals surface area (Å²) in [5.41, 5.74) is 2.01. The van der Waals surface area contributed by atoms with Crippen molar-refractivity contribution in [1.29, 1.82) is 5.26 Å². The van der Waals surface area contributed by atoms with Crippen LogP contribution in [-0.2, 0) is 6.42 Å². The molecule has 0 radical (unpaired) electrons. The highest BCUT2D eigenvalue weighted by Crippen LogP contribution is 2.12. The van der Waals surface area contributed by atoms with Crippen LogP contribution in [0.3, 0.4) is 0 Å². The van der Waals surface area contributed by atoms with Crippen LogP contribution < -0.4 is 0 Å². The van der Waals surface area contributed by atoms with Crippen LogP contribution in [0.1, 0.15) is 64.0 Å². The molecule has 0 atom stereocenters.